The van der Waals surface area contributed by atoms with E-state index >= 15 is 0 Å². The summed E-state index contributed by atoms with van der Waals surface area (Å²) in [5.74, 6) is -0.475. The van der Waals surface area contributed by atoms with Crippen molar-refractivity contribution >= 4 is 16.9 Å². The van der Waals surface area contributed by atoms with Crippen molar-refractivity contribution in [3.8, 4) is 17.0 Å². The minimum atomic E-state index is -4.57. The SMILES string of the molecule is Cc1cc(C(F)(F)F)cc(O)c1-c1ccc2c([C@@H](C)O)n([C@H]3CCC(=O)N(C)C3)nc2n1. The van der Waals surface area contributed by atoms with Crippen molar-refractivity contribution in [3.63, 3.8) is 0 Å². The number of carbonyl (C=O) groups excluding carboxylic acids is 1. The number of piperidine rings is 1. The van der Waals surface area contributed by atoms with Gasteiger partial charge in [-0.25, -0.2) is 4.98 Å². The molecule has 1 aliphatic rings. The third-order valence-electron chi connectivity index (χ3n) is 5.84. The average molecular weight is 448 g/mol. The number of carbonyl (C=O) groups is 1. The Morgan fingerprint density at radius 3 is 2.56 bits per heavy atom. The van der Waals surface area contributed by atoms with Crippen LogP contribution in [-0.4, -0.2) is 49.4 Å². The number of aliphatic hydroxyl groups excluding tert-OH is 1. The van der Waals surface area contributed by atoms with E-state index in [-0.39, 0.29) is 28.8 Å². The molecule has 7 nitrogen and oxygen atoms in total. The monoisotopic (exact) mass is 448 g/mol. The average Bonchev–Trinajstić information content (AvgIpc) is 3.08. The van der Waals surface area contributed by atoms with Gasteiger partial charge >= 0.3 is 6.18 Å². The number of aliphatic hydroxyl groups is 1. The number of aryl methyl sites for hydroxylation is 1. The van der Waals surface area contributed by atoms with Crippen molar-refractivity contribution in [2.45, 2.75) is 45.0 Å². The molecule has 3 aromatic rings. The lowest BCUT2D eigenvalue weighted by molar-refractivity contribution is -0.137. The molecule has 2 aromatic heterocycles. The van der Waals surface area contributed by atoms with E-state index in [0.29, 0.717) is 42.2 Å². The molecule has 0 bridgehead atoms. The van der Waals surface area contributed by atoms with Gasteiger partial charge < -0.3 is 15.1 Å². The van der Waals surface area contributed by atoms with Gasteiger partial charge in [0, 0.05) is 31.0 Å². The number of aromatic hydroxyl groups is 1. The minimum absolute atomic E-state index is 0.0465. The van der Waals surface area contributed by atoms with Gasteiger partial charge in [-0.3, -0.25) is 9.48 Å². The molecule has 32 heavy (non-hydrogen) atoms. The summed E-state index contributed by atoms with van der Waals surface area (Å²) < 4.78 is 40.9. The van der Waals surface area contributed by atoms with Crippen LogP contribution in [0.3, 0.4) is 0 Å². The number of likely N-dealkylation sites (N-methyl/N-ethyl adjacent to an activating group) is 1. The number of halogens is 3. The van der Waals surface area contributed by atoms with Crippen LogP contribution in [0.4, 0.5) is 13.2 Å². The highest BCUT2D eigenvalue weighted by Gasteiger charge is 2.33. The summed E-state index contributed by atoms with van der Waals surface area (Å²) in [6.07, 6.45) is -4.48. The molecule has 4 rings (SSSR count). The summed E-state index contributed by atoms with van der Waals surface area (Å²) in [6, 6.07) is 4.79. The predicted octanol–water partition coefficient (Wildman–Crippen LogP) is 3.98. The molecular weight excluding hydrogens is 425 g/mol. The van der Waals surface area contributed by atoms with Gasteiger partial charge in [0.25, 0.3) is 0 Å². The van der Waals surface area contributed by atoms with Gasteiger partial charge in [0.2, 0.25) is 5.91 Å². The van der Waals surface area contributed by atoms with Crippen LogP contribution >= 0.6 is 0 Å². The summed E-state index contributed by atoms with van der Waals surface area (Å²) in [5.41, 5.74) is 0.618. The number of aromatic nitrogens is 3. The van der Waals surface area contributed by atoms with Gasteiger partial charge in [0.05, 0.1) is 29.1 Å². The molecule has 2 N–H and O–H groups in total. The smallest absolute Gasteiger partial charge is 0.416 e. The van der Waals surface area contributed by atoms with Crippen molar-refractivity contribution in [2.24, 2.45) is 0 Å². The van der Waals surface area contributed by atoms with E-state index in [1.807, 2.05) is 0 Å². The van der Waals surface area contributed by atoms with Crippen LogP contribution in [0.5, 0.6) is 5.75 Å². The number of hydrogen-bond acceptors (Lipinski definition) is 5. The zero-order valence-corrected chi connectivity index (χ0v) is 17.8. The molecule has 3 heterocycles. The third-order valence-corrected chi connectivity index (χ3v) is 5.84. The summed E-state index contributed by atoms with van der Waals surface area (Å²) in [6.45, 7) is 3.54. The first-order valence-electron chi connectivity index (χ1n) is 10.2. The molecule has 0 radical (unpaired) electrons. The summed E-state index contributed by atoms with van der Waals surface area (Å²) in [5, 5.41) is 25.9. The van der Waals surface area contributed by atoms with Gasteiger partial charge in [0.1, 0.15) is 5.75 Å². The molecule has 1 amide bonds. The van der Waals surface area contributed by atoms with Gasteiger partial charge in [-0.2, -0.15) is 18.3 Å². The summed E-state index contributed by atoms with van der Waals surface area (Å²) in [4.78, 5) is 18.0. The Balaban J connectivity index is 1.81. The molecular formula is C22H23F3N4O3. The van der Waals surface area contributed by atoms with Crippen LogP contribution < -0.4 is 0 Å². The fourth-order valence-corrected chi connectivity index (χ4v) is 4.29. The van der Waals surface area contributed by atoms with Crippen molar-refractivity contribution < 1.29 is 28.2 Å². The Morgan fingerprint density at radius 2 is 1.97 bits per heavy atom. The molecule has 1 aliphatic heterocycles. The molecule has 0 spiro atoms. The third kappa shape index (κ3) is 3.79. The number of phenols is 1. The number of pyridine rings is 1. The number of hydrogen-bond donors (Lipinski definition) is 2. The lowest BCUT2D eigenvalue weighted by Crippen LogP contribution is -2.38. The van der Waals surface area contributed by atoms with Crippen molar-refractivity contribution in [3.05, 3.63) is 41.1 Å². The maximum atomic E-state index is 13.1. The van der Waals surface area contributed by atoms with Gasteiger partial charge in [-0.1, -0.05) is 0 Å². The first kappa shape index (κ1) is 22.1. The van der Waals surface area contributed by atoms with Crippen LogP contribution in [0, 0.1) is 6.92 Å². The molecule has 1 saturated heterocycles. The largest absolute Gasteiger partial charge is 0.507 e. The molecule has 1 aromatic carbocycles. The Kier molecular flexibility index (Phi) is 5.36. The van der Waals surface area contributed by atoms with E-state index in [1.54, 1.807) is 35.7 Å². The molecule has 0 aliphatic carbocycles. The maximum absolute atomic E-state index is 13.1. The number of phenolic OH excluding ortho intramolecular Hbond substituents is 1. The lowest BCUT2D eigenvalue weighted by atomic mass is 10.00. The Hall–Kier alpha value is -3.14. The molecule has 0 saturated carbocycles. The van der Waals surface area contributed by atoms with E-state index in [4.69, 9.17) is 0 Å². The highest BCUT2D eigenvalue weighted by Crippen LogP contribution is 2.39. The quantitative estimate of drug-likeness (QED) is 0.633. The molecule has 10 heteroatoms. The fraction of sp³-hybridized carbons (Fsp3) is 0.409. The molecule has 1 fully saturated rings. The van der Waals surface area contributed by atoms with Crippen LogP contribution in [-0.2, 0) is 11.0 Å². The lowest BCUT2D eigenvalue weighted by Gasteiger charge is -2.31. The van der Waals surface area contributed by atoms with Gasteiger partial charge in [-0.05, 0) is 50.1 Å². The molecule has 2 atom stereocenters. The Labute approximate surface area is 182 Å². The van der Waals surface area contributed by atoms with E-state index in [0.717, 1.165) is 6.07 Å². The van der Waals surface area contributed by atoms with Crippen molar-refractivity contribution in [1.29, 1.82) is 0 Å². The topological polar surface area (TPSA) is 91.5 Å². The highest BCUT2D eigenvalue weighted by atomic mass is 19.4. The van der Waals surface area contributed by atoms with Crippen LogP contribution in [0.1, 0.15) is 48.7 Å². The minimum Gasteiger partial charge on any atom is -0.507 e. The second kappa shape index (κ2) is 7.77. The molecule has 0 unspecified atom stereocenters. The number of amides is 1. The van der Waals surface area contributed by atoms with Gasteiger partial charge in [0.15, 0.2) is 5.65 Å². The number of benzene rings is 1. The van der Waals surface area contributed by atoms with E-state index in [9.17, 15) is 28.2 Å². The van der Waals surface area contributed by atoms with Crippen LogP contribution in [0.25, 0.3) is 22.3 Å². The normalized spacial score (nSPS) is 18.4. The van der Waals surface area contributed by atoms with Crippen molar-refractivity contribution in [2.75, 3.05) is 13.6 Å². The molecule has 170 valence electrons. The first-order valence-corrected chi connectivity index (χ1v) is 10.2. The standard InChI is InChI=1S/C22H23F3N4O3/c1-11-8-13(22(23,24)25)9-17(31)19(11)16-6-5-15-20(12(2)30)29(27-21(15)26-16)14-4-7-18(32)28(3)10-14/h5-6,8-9,12,14,30-31H,4,7,10H2,1-3H3/t12-,14+/m1/s1. The second-order valence-corrected chi connectivity index (χ2v) is 8.23. The second-order valence-electron chi connectivity index (χ2n) is 8.23. The predicted molar refractivity (Wildman–Crippen MR) is 111 cm³/mol. The first-order chi connectivity index (χ1) is 15.0. The maximum Gasteiger partial charge on any atom is 0.416 e. The van der Waals surface area contributed by atoms with Crippen LogP contribution in [0.15, 0.2) is 24.3 Å². The number of likely N-dealkylation sites (tertiary alicyclic amines) is 1. The van der Waals surface area contributed by atoms with Crippen molar-refractivity contribution in [1.82, 2.24) is 19.7 Å². The zero-order chi connectivity index (χ0) is 23.4. The highest BCUT2D eigenvalue weighted by molar-refractivity contribution is 5.83. The summed E-state index contributed by atoms with van der Waals surface area (Å²) >= 11 is 0. The Morgan fingerprint density at radius 1 is 1.25 bits per heavy atom. The number of nitrogens with zero attached hydrogens (tertiary/aromatic N) is 4. The van der Waals surface area contributed by atoms with E-state index < -0.39 is 23.6 Å². The van der Waals surface area contributed by atoms with Crippen LogP contribution in [0.2, 0.25) is 0 Å². The number of rotatable bonds is 3. The van der Waals surface area contributed by atoms with E-state index in [2.05, 4.69) is 10.1 Å². The van der Waals surface area contributed by atoms with E-state index in [1.165, 1.54) is 6.92 Å². The number of fused-ring (bicyclic) bond motifs is 1. The zero-order valence-electron chi connectivity index (χ0n) is 17.8. The number of alkyl halides is 3. The fourth-order valence-electron chi connectivity index (χ4n) is 4.29. The van der Waals surface area contributed by atoms with Gasteiger partial charge in [-0.15, -0.1) is 0 Å². The summed E-state index contributed by atoms with van der Waals surface area (Å²) in [7, 11) is 1.71. The Bertz CT molecular complexity index is 1180.